The van der Waals surface area contributed by atoms with Crippen LogP contribution in [0.15, 0.2) is 12.2 Å². The number of nitrogens with zero attached hydrogens (tertiary/aromatic N) is 1. The molecule has 1 unspecified atom stereocenters. The Balaban J connectivity index is 2.02. The van der Waals surface area contributed by atoms with Gasteiger partial charge in [0.1, 0.15) is 0 Å². The van der Waals surface area contributed by atoms with Crippen LogP contribution in [0.2, 0.25) is 0 Å². The minimum atomic E-state index is -0.821. The predicted octanol–water partition coefficient (Wildman–Crippen LogP) is -1.16. The van der Waals surface area contributed by atoms with E-state index in [4.69, 9.17) is 5.90 Å². The molecule has 0 aromatic carbocycles. The van der Waals surface area contributed by atoms with Gasteiger partial charge < -0.3 is 15.3 Å². The van der Waals surface area contributed by atoms with E-state index in [0.29, 0.717) is 25.8 Å². The molecule has 1 heterocycles. The van der Waals surface area contributed by atoms with Crippen LogP contribution in [0.4, 0.5) is 0 Å². The second-order valence-corrected chi connectivity index (χ2v) is 4.76. The largest absolute Gasteiger partial charge is 0.389 e. The van der Waals surface area contributed by atoms with Crippen molar-refractivity contribution in [2.75, 3.05) is 19.7 Å². The Hall–Kier alpha value is -1.77. The minimum absolute atomic E-state index is 0.0355. The van der Waals surface area contributed by atoms with Gasteiger partial charge in [-0.05, 0) is 12.8 Å². The number of aliphatic hydroxyl groups is 1. The lowest BCUT2D eigenvalue weighted by Crippen LogP contribution is -2.35. The first kappa shape index (κ1) is 17.3. The highest BCUT2D eigenvalue weighted by Gasteiger charge is 2.22. The number of unbranched alkanes of at least 4 members (excludes halogenated alkanes) is 2. The highest BCUT2D eigenvalue weighted by molar-refractivity contribution is 6.12. The first-order chi connectivity index (χ1) is 10.0. The van der Waals surface area contributed by atoms with Gasteiger partial charge in [0.15, 0.2) is 0 Å². The molecule has 8 nitrogen and oxygen atoms in total. The number of carbonyl (C=O) groups excluding carboxylic acids is 3. The molecular formula is C13H21N3O5. The molecule has 3 amide bonds. The lowest BCUT2D eigenvalue weighted by atomic mass is 10.2. The summed E-state index contributed by atoms with van der Waals surface area (Å²) in [5, 5.41) is 11.8. The van der Waals surface area contributed by atoms with Gasteiger partial charge in [-0.15, -0.1) is 0 Å². The third kappa shape index (κ3) is 6.48. The molecular weight excluding hydrogens is 278 g/mol. The van der Waals surface area contributed by atoms with Crippen LogP contribution in [0, 0.1) is 0 Å². The Kier molecular flexibility index (Phi) is 7.59. The molecule has 1 rings (SSSR count). The van der Waals surface area contributed by atoms with E-state index < -0.39 is 6.10 Å². The topological polar surface area (TPSA) is 122 Å². The second-order valence-electron chi connectivity index (χ2n) is 4.76. The number of imide groups is 1. The summed E-state index contributed by atoms with van der Waals surface area (Å²) in [6.45, 7) is 0.434. The Morgan fingerprint density at radius 1 is 1.29 bits per heavy atom. The average molecular weight is 299 g/mol. The van der Waals surface area contributed by atoms with Crippen LogP contribution in [0.25, 0.3) is 0 Å². The standard InChI is InChI=1S/C13H21N3O5/c14-21-9-10(17)8-15-11(18)4-2-1-3-7-16-12(19)5-6-13(16)20/h5-6,10,17H,1-4,7-9,14H2,(H,15,18). The van der Waals surface area contributed by atoms with Crippen molar-refractivity contribution in [2.45, 2.75) is 31.8 Å². The fraction of sp³-hybridized carbons (Fsp3) is 0.615. The Labute approximate surface area is 122 Å². The molecule has 1 atom stereocenters. The van der Waals surface area contributed by atoms with Crippen molar-refractivity contribution in [1.82, 2.24) is 10.2 Å². The van der Waals surface area contributed by atoms with E-state index in [-0.39, 0.29) is 30.9 Å². The molecule has 0 aliphatic carbocycles. The van der Waals surface area contributed by atoms with Gasteiger partial charge in [-0.1, -0.05) is 6.42 Å². The van der Waals surface area contributed by atoms with E-state index in [0.717, 1.165) is 6.42 Å². The predicted molar refractivity (Wildman–Crippen MR) is 73.5 cm³/mol. The number of hydrogen-bond acceptors (Lipinski definition) is 6. The normalized spacial score (nSPS) is 15.6. The summed E-state index contributed by atoms with van der Waals surface area (Å²) in [4.78, 5) is 39.4. The van der Waals surface area contributed by atoms with Gasteiger partial charge in [0.25, 0.3) is 11.8 Å². The number of nitrogens with two attached hydrogens (primary N) is 1. The highest BCUT2D eigenvalue weighted by atomic mass is 16.6. The number of amides is 3. The third-order valence-electron chi connectivity index (χ3n) is 3.01. The Morgan fingerprint density at radius 3 is 2.57 bits per heavy atom. The maximum Gasteiger partial charge on any atom is 0.253 e. The molecule has 0 saturated carbocycles. The Morgan fingerprint density at radius 2 is 1.95 bits per heavy atom. The van der Waals surface area contributed by atoms with E-state index in [1.54, 1.807) is 0 Å². The minimum Gasteiger partial charge on any atom is -0.389 e. The number of rotatable bonds is 10. The molecule has 4 N–H and O–H groups in total. The van der Waals surface area contributed by atoms with Gasteiger partial charge in [-0.25, -0.2) is 5.90 Å². The quantitative estimate of drug-likeness (QED) is 0.266. The number of hydrogen-bond donors (Lipinski definition) is 3. The van der Waals surface area contributed by atoms with Crippen molar-refractivity contribution in [3.05, 3.63) is 12.2 Å². The lowest BCUT2D eigenvalue weighted by molar-refractivity contribution is -0.136. The summed E-state index contributed by atoms with van der Waals surface area (Å²) < 4.78 is 0. The molecule has 0 aromatic rings. The molecule has 118 valence electrons. The lowest BCUT2D eigenvalue weighted by Gasteiger charge is -2.13. The maximum absolute atomic E-state index is 11.5. The van der Waals surface area contributed by atoms with Crippen molar-refractivity contribution in [3.63, 3.8) is 0 Å². The fourth-order valence-corrected chi connectivity index (χ4v) is 1.87. The smallest absolute Gasteiger partial charge is 0.253 e. The van der Waals surface area contributed by atoms with E-state index in [1.165, 1.54) is 17.1 Å². The maximum atomic E-state index is 11.5. The van der Waals surface area contributed by atoms with Crippen molar-refractivity contribution < 1.29 is 24.3 Å². The van der Waals surface area contributed by atoms with Gasteiger partial charge in [0, 0.05) is 31.7 Å². The SMILES string of the molecule is NOCC(O)CNC(=O)CCCCCN1C(=O)C=CC1=O. The molecule has 8 heteroatoms. The summed E-state index contributed by atoms with van der Waals surface area (Å²) in [7, 11) is 0. The third-order valence-corrected chi connectivity index (χ3v) is 3.01. The molecule has 0 fully saturated rings. The van der Waals surface area contributed by atoms with E-state index in [1.807, 2.05) is 0 Å². The fourth-order valence-electron chi connectivity index (χ4n) is 1.87. The Bertz CT molecular complexity index is 393. The van der Waals surface area contributed by atoms with Crippen molar-refractivity contribution in [1.29, 1.82) is 0 Å². The molecule has 21 heavy (non-hydrogen) atoms. The van der Waals surface area contributed by atoms with E-state index in [9.17, 15) is 19.5 Å². The average Bonchev–Trinajstić information content (AvgIpc) is 2.76. The summed E-state index contributed by atoms with van der Waals surface area (Å²) in [6.07, 6.45) is 4.07. The number of carbonyl (C=O) groups is 3. The van der Waals surface area contributed by atoms with Crippen molar-refractivity contribution in [2.24, 2.45) is 5.90 Å². The zero-order valence-corrected chi connectivity index (χ0v) is 11.8. The summed E-state index contributed by atoms with van der Waals surface area (Å²) in [5.74, 6) is 4.06. The van der Waals surface area contributed by atoms with Gasteiger partial charge >= 0.3 is 0 Å². The zero-order valence-electron chi connectivity index (χ0n) is 11.8. The zero-order chi connectivity index (χ0) is 15.7. The van der Waals surface area contributed by atoms with Crippen LogP contribution >= 0.6 is 0 Å². The number of nitrogens with one attached hydrogen (secondary N) is 1. The number of aliphatic hydroxyl groups excluding tert-OH is 1. The molecule has 0 aromatic heterocycles. The van der Waals surface area contributed by atoms with Crippen LogP contribution in [0.3, 0.4) is 0 Å². The summed E-state index contributed by atoms with van der Waals surface area (Å²) in [5.41, 5.74) is 0. The second kappa shape index (κ2) is 9.22. The highest BCUT2D eigenvalue weighted by Crippen LogP contribution is 2.07. The molecule has 1 aliphatic rings. The molecule has 0 radical (unpaired) electrons. The van der Waals surface area contributed by atoms with Crippen LogP contribution < -0.4 is 11.2 Å². The van der Waals surface area contributed by atoms with Crippen LogP contribution in [-0.2, 0) is 19.2 Å². The first-order valence-corrected chi connectivity index (χ1v) is 6.84. The van der Waals surface area contributed by atoms with Gasteiger partial charge in [-0.2, -0.15) is 0 Å². The van der Waals surface area contributed by atoms with Gasteiger partial charge in [0.05, 0.1) is 12.7 Å². The van der Waals surface area contributed by atoms with E-state index >= 15 is 0 Å². The molecule has 0 spiro atoms. The first-order valence-electron chi connectivity index (χ1n) is 6.84. The van der Waals surface area contributed by atoms with Gasteiger partial charge in [-0.3, -0.25) is 19.3 Å². The van der Waals surface area contributed by atoms with Crippen LogP contribution in [-0.4, -0.2) is 53.5 Å². The van der Waals surface area contributed by atoms with E-state index in [2.05, 4.69) is 10.2 Å². The van der Waals surface area contributed by atoms with Crippen LogP contribution in [0.1, 0.15) is 25.7 Å². The van der Waals surface area contributed by atoms with Crippen LogP contribution in [0.5, 0.6) is 0 Å². The summed E-state index contributed by atoms with van der Waals surface area (Å²) in [6, 6.07) is 0. The monoisotopic (exact) mass is 299 g/mol. The van der Waals surface area contributed by atoms with Crippen molar-refractivity contribution >= 4 is 17.7 Å². The molecule has 0 bridgehead atoms. The molecule has 1 aliphatic heterocycles. The van der Waals surface area contributed by atoms with Crippen molar-refractivity contribution in [3.8, 4) is 0 Å². The molecule has 0 saturated heterocycles. The van der Waals surface area contributed by atoms with Gasteiger partial charge in [0.2, 0.25) is 5.91 Å². The summed E-state index contributed by atoms with van der Waals surface area (Å²) >= 11 is 0.